The van der Waals surface area contributed by atoms with Gasteiger partial charge in [-0.3, -0.25) is 0 Å². The first kappa shape index (κ1) is 5.48. The van der Waals surface area contributed by atoms with Gasteiger partial charge in [0.25, 0.3) is 0 Å². The predicted molar refractivity (Wildman–Crippen MR) is 38.3 cm³/mol. The normalized spacial score (nSPS) is 40.9. The Kier molecular flexibility index (Phi) is 1.31. The molecule has 0 aromatic heterocycles. The molecule has 9 heavy (non-hydrogen) atoms. The van der Waals surface area contributed by atoms with Crippen LogP contribution in [0.3, 0.4) is 0 Å². The Labute approximate surface area is 56.1 Å². The Morgan fingerprint density at radius 2 is 1.56 bits per heavy atom. The second-order valence-corrected chi connectivity index (χ2v) is 3.08. The SMILES string of the molecule is C1=CCC2CCC(C1)N2. The van der Waals surface area contributed by atoms with Crippen molar-refractivity contribution in [1.82, 2.24) is 5.32 Å². The minimum Gasteiger partial charge on any atom is -0.311 e. The highest BCUT2D eigenvalue weighted by Crippen LogP contribution is 2.20. The molecular weight excluding hydrogens is 110 g/mol. The summed E-state index contributed by atoms with van der Waals surface area (Å²) in [4.78, 5) is 0. The molecule has 2 aliphatic rings. The molecule has 0 amide bonds. The third-order valence-electron chi connectivity index (χ3n) is 2.34. The molecule has 1 saturated heterocycles. The number of nitrogens with one attached hydrogen (secondary N) is 1. The van der Waals surface area contributed by atoms with Crippen molar-refractivity contribution in [3.63, 3.8) is 0 Å². The molecule has 0 radical (unpaired) electrons. The fourth-order valence-electron chi connectivity index (χ4n) is 1.80. The van der Waals surface area contributed by atoms with Crippen molar-refractivity contribution in [2.75, 3.05) is 0 Å². The highest BCUT2D eigenvalue weighted by atomic mass is 15.0. The predicted octanol–water partition coefficient (Wildman–Crippen LogP) is 1.46. The maximum absolute atomic E-state index is 3.59. The van der Waals surface area contributed by atoms with Crippen molar-refractivity contribution in [2.24, 2.45) is 0 Å². The quantitative estimate of drug-likeness (QED) is 0.481. The van der Waals surface area contributed by atoms with E-state index in [4.69, 9.17) is 0 Å². The molecule has 1 heteroatoms. The van der Waals surface area contributed by atoms with E-state index in [0.29, 0.717) is 0 Å². The van der Waals surface area contributed by atoms with Crippen LogP contribution in [0.2, 0.25) is 0 Å². The maximum atomic E-state index is 3.59. The van der Waals surface area contributed by atoms with Crippen molar-refractivity contribution in [2.45, 2.75) is 37.8 Å². The summed E-state index contributed by atoms with van der Waals surface area (Å²) in [6.45, 7) is 0. The third kappa shape index (κ3) is 1.01. The van der Waals surface area contributed by atoms with E-state index in [1.54, 1.807) is 0 Å². The van der Waals surface area contributed by atoms with Crippen LogP contribution in [0.15, 0.2) is 12.2 Å². The smallest absolute Gasteiger partial charge is 0.0105 e. The molecule has 50 valence electrons. The van der Waals surface area contributed by atoms with E-state index in [1.807, 2.05) is 0 Å². The summed E-state index contributed by atoms with van der Waals surface area (Å²) in [7, 11) is 0. The second kappa shape index (κ2) is 2.14. The molecule has 0 aromatic rings. The summed E-state index contributed by atoms with van der Waals surface area (Å²) < 4.78 is 0. The Bertz CT molecular complexity index is 115. The standard InChI is InChI=1S/C8H13N/c1-2-4-8-6-5-7(3-1)9-8/h1-2,7-9H,3-6H2. The zero-order chi connectivity index (χ0) is 6.10. The zero-order valence-corrected chi connectivity index (χ0v) is 5.64. The van der Waals surface area contributed by atoms with E-state index >= 15 is 0 Å². The minimum atomic E-state index is 0.814. The lowest BCUT2D eigenvalue weighted by Gasteiger charge is -2.06. The summed E-state index contributed by atoms with van der Waals surface area (Å²) in [6, 6.07) is 1.63. The van der Waals surface area contributed by atoms with Crippen LogP contribution in [0.4, 0.5) is 0 Å². The van der Waals surface area contributed by atoms with Gasteiger partial charge in [0.1, 0.15) is 0 Å². The van der Waals surface area contributed by atoms with Crippen LogP contribution in [-0.4, -0.2) is 12.1 Å². The maximum Gasteiger partial charge on any atom is 0.0105 e. The van der Waals surface area contributed by atoms with Crippen molar-refractivity contribution in [3.8, 4) is 0 Å². The Hall–Kier alpha value is -0.300. The van der Waals surface area contributed by atoms with E-state index in [9.17, 15) is 0 Å². The molecule has 2 rings (SSSR count). The molecule has 1 nitrogen and oxygen atoms in total. The molecule has 0 aliphatic carbocycles. The highest BCUT2D eigenvalue weighted by Gasteiger charge is 2.22. The van der Waals surface area contributed by atoms with Crippen molar-refractivity contribution in [1.29, 1.82) is 0 Å². The van der Waals surface area contributed by atoms with Gasteiger partial charge in [0.05, 0.1) is 0 Å². The van der Waals surface area contributed by atoms with Gasteiger partial charge in [-0.1, -0.05) is 12.2 Å². The lowest BCUT2D eigenvalue weighted by molar-refractivity contribution is 0.558. The molecule has 0 saturated carbocycles. The Balaban J connectivity index is 2.08. The van der Waals surface area contributed by atoms with E-state index in [-0.39, 0.29) is 0 Å². The van der Waals surface area contributed by atoms with Crippen LogP contribution in [0.25, 0.3) is 0 Å². The molecule has 2 unspecified atom stereocenters. The second-order valence-electron chi connectivity index (χ2n) is 3.08. The van der Waals surface area contributed by atoms with Crippen LogP contribution in [0.5, 0.6) is 0 Å². The average molecular weight is 123 g/mol. The van der Waals surface area contributed by atoms with Gasteiger partial charge in [-0.25, -0.2) is 0 Å². The zero-order valence-electron chi connectivity index (χ0n) is 5.64. The molecular formula is C8H13N. The van der Waals surface area contributed by atoms with Crippen molar-refractivity contribution in [3.05, 3.63) is 12.2 Å². The summed E-state index contributed by atoms with van der Waals surface area (Å²) >= 11 is 0. The van der Waals surface area contributed by atoms with Gasteiger partial charge in [-0.2, -0.15) is 0 Å². The van der Waals surface area contributed by atoms with E-state index < -0.39 is 0 Å². The van der Waals surface area contributed by atoms with Gasteiger partial charge in [0.15, 0.2) is 0 Å². The van der Waals surface area contributed by atoms with Gasteiger partial charge in [-0.15, -0.1) is 0 Å². The lowest BCUT2D eigenvalue weighted by atomic mass is 10.1. The average Bonchev–Trinajstić information content (AvgIpc) is 2.09. The molecule has 1 fully saturated rings. The molecule has 0 spiro atoms. The molecule has 2 bridgehead atoms. The molecule has 1 N–H and O–H groups in total. The molecule has 2 heterocycles. The van der Waals surface area contributed by atoms with Crippen LogP contribution >= 0.6 is 0 Å². The van der Waals surface area contributed by atoms with Gasteiger partial charge in [-0.05, 0) is 25.7 Å². The summed E-state index contributed by atoms with van der Waals surface area (Å²) in [5.74, 6) is 0. The monoisotopic (exact) mass is 123 g/mol. The molecule has 2 aliphatic heterocycles. The van der Waals surface area contributed by atoms with Crippen molar-refractivity contribution < 1.29 is 0 Å². The molecule has 2 atom stereocenters. The van der Waals surface area contributed by atoms with Crippen LogP contribution < -0.4 is 5.32 Å². The number of rotatable bonds is 0. The van der Waals surface area contributed by atoms with Gasteiger partial charge in [0.2, 0.25) is 0 Å². The van der Waals surface area contributed by atoms with Gasteiger partial charge in [0, 0.05) is 12.1 Å². The number of hydrogen-bond donors (Lipinski definition) is 1. The topological polar surface area (TPSA) is 12.0 Å². The largest absolute Gasteiger partial charge is 0.311 e. The third-order valence-corrected chi connectivity index (χ3v) is 2.34. The van der Waals surface area contributed by atoms with Crippen LogP contribution in [0.1, 0.15) is 25.7 Å². The van der Waals surface area contributed by atoms with E-state index in [2.05, 4.69) is 17.5 Å². The Morgan fingerprint density at radius 3 is 2.11 bits per heavy atom. The molecule has 0 aromatic carbocycles. The summed E-state index contributed by atoms with van der Waals surface area (Å²) in [5, 5.41) is 3.59. The number of hydrogen-bond acceptors (Lipinski definition) is 1. The van der Waals surface area contributed by atoms with Crippen molar-refractivity contribution >= 4 is 0 Å². The number of fused-ring (bicyclic) bond motifs is 2. The van der Waals surface area contributed by atoms with Crippen LogP contribution in [0, 0.1) is 0 Å². The Morgan fingerprint density at radius 1 is 1.00 bits per heavy atom. The van der Waals surface area contributed by atoms with E-state index in [0.717, 1.165) is 12.1 Å². The fraction of sp³-hybridized carbons (Fsp3) is 0.750. The first-order valence-corrected chi connectivity index (χ1v) is 3.86. The summed E-state index contributed by atoms with van der Waals surface area (Å²) in [6.07, 6.45) is 9.95. The lowest BCUT2D eigenvalue weighted by Crippen LogP contribution is -2.26. The first-order chi connectivity index (χ1) is 4.45. The first-order valence-electron chi connectivity index (χ1n) is 3.86. The minimum absolute atomic E-state index is 0.814. The van der Waals surface area contributed by atoms with E-state index in [1.165, 1.54) is 25.7 Å². The van der Waals surface area contributed by atoms with Gasteiger partial charge < -0.3 is 5.32 Å². The van der Waals surface area contributed by atoms with Crippen LogP contribution in [-0.2, 0) is 0 Å². The highest BCUT2D eigenvalue weighted by molar-refractivity contribution is 4.99. The summed E-state index contributed by atoms with van der Waals surface area (Å²) in [5.41, 5.74) is 0. The van der Waals surface area contributed by atoms with Gasteiger partial charge >= 0.3 is 0 Å². The fourth-order valence-corrected chi connectivity index (χ4v) is 1.80.